The first kappa shape index (κ1) is 13.8. The van der Waals surface area contributed by atoms with Crippen molar-refractivity contribution in [1.82, 2.24) is 4.98 Å². The van der Waals surface area contributed by atoms with Crippen molar-refractivity contribution in [2.24, 2.45) is 5.73 Å². The lowest BCUT2D eigenvalue weighted by Crippen LogP contribution is -2.01. The van der Waals surface area contributed by atoms with E-state index in [0.717, 1.165) is 26.9 Å². The van der Waals surface area contributed by atoms with Crippen LogP contribution in [0.5, 0.6) is 11.5 Å². The molecular weight excluding hydrogens is 280 g/mol. The first-order chi connectivity index (χ1) is 10.2. The molecule has 1 atom stereocenters. The molecule has 21 heavy (non-hydrogen) atoms. The van der Waals surface area contributed by atoms with Gasteiger partial charge in [-0.3, -0.25) is 0 Å². The van der Waals surface area contributed by atoms with Gasteiger partial charge in [-0.15, -0.1) is 11.3 Å². The first-order valence-corrected chi connectivity index (χ1v) is 7.58. The summed E-state index contributed by atoms with van der Waals surface area (Å²) >= 11 is 1.62. The van der Waals surface area contributed by atoms with Crippen LogP contribution in [0.25, 0.3) is 10.6 Å². The molecule has 0 radical (unpaired) electrons. The predicted molar refractivity (Wildman–Crippen MR) is 86.7 cm³/mol. The average Bonchev–Trinajstić information content (AvgIpc) is 2.99. The van der Waals surface area contributed by atoms with Gasteiger partial charge >= 0.3 is 0 Å². The van der Waals surface area contributed by atoms with Crippen molar-refractivity contribution in [2.45, 2.75) is 13.0 Å². The number of aromatic nitrogens is 1. The fraction of sp³-hybridized carbons (Fsp3) is 0.118. The second kappa shape index (κ2) is 6.08. The highest BCUT2D eigenvalue weighted by atomic mass is 32.1. The largest absolute Gasteiger partial charge is 0.457 e. The number of ether oxygens (including phenoxy) is 1. The Kier molecular flexibility index (Phi) is 3.99. The monoisotopic (exact) mass is 296 g/mol. The molecule has 3 aromatic rings. The number of hydrogen-bond donors (Lipinski definition) is 1. The lowest BCUT2D eigenvalue weighted by molar-refractivity contribution is 0.483. The number of rotatable bonds is 4. The van der Waals surface area contributed by atoms with E-state index in [1.54, 1.807) is 11.3 Å². The average molecular weight is 296 g/mol. The third-order valence-corrected chi connectivity index (χ3v) is 4.28. The Labute approximate surface area is 128 Å². The van der Waals surface area contributed by atoms with Crippen LogP contribution in [0, 0.1) is 0 Å². The Hall–Kier alpha value is -2.17. The zero-order valence-electron chi connectivity index (χ0n) is 11.7. The molecule has 0 spiro atoms. The van der Waals surface area contributed by atoms with Gasteiger partial charge in [0.1, 0.15) is 16.5 Å². The smallest absolute Gasteiger partial charge is 0.128 e. The molecule has 4 heteroatoms. The van der Waals surface area contributed by atoms with Crippen molar-refractivity contribution in [3.63, 3.8) is 0 Å². The molecule has 1 unspecified atom stereocenters. The van der Waals surface area contributed by atoms with E-state index in [1.807, 2.05) is 67.7 Å². The highest BCUT2D eigenvalue weighted by Gasteiger charge is 2.08. The van der Waals surface area contributed by atoms with E-state index in [2.05, 4.69) is 4.98 Å². The molecule has 1 aromatic heterocycles. The van der Waals surface area contributed by atoms with Crippen molar-refractivity contribution < 1.29 is 4.74 Å². The summed E-state index contributed by atoms with van der Waals surface area (Å²) in [7, 11) is 0. The van der Waals surface area contributed by atoms with Gasteiger partial charge in [-0.05, 0) is 31.2 Å². The van der Waals surface area contributed by atoms with Crippen LogP contribution in [0.3, 0.4) is 0 Å². The topological polar surface area (TPSA) is 48.1 Å². The van der Waals surface area contributed by atoms with E-state index in [0.29, 0.717) is 0 Å². The van der Waals surface area contributed by atoms with Crippen LogP contribution >= 0.6 is 11.3 Å². The molecule has 0 bridgehead atoms. The lowest BCUT2D eigenvalue weighted by atomic mass is 10.2. The highest BCUT2D eigenvalue weighted by Crippen LogP contribution is 2.31. The molecule has 3 rings (SSSR count). The lowest BCUT2D eigenvalue weighted by Gasteiger charge is -2.06. The number of nitrogens with zero attached hydrogens (tertiary/aromatic N) is 1. The van der Waals surface area contributed by atoms with Crippen molar-refractivity contribution in [3.05, 3.63) is 65.7 Å². The van der Waals surface area contributed by atoms with Gasteiger partial charge in [-0.25, -0.2) is 4.98 Å². The van der Waals surface area contributed by atoms with Gasteiger partial charge in [-0.1, -0.05) is 30.3 Å². The molecule has 0 aliphatic rings. The van der Waals surface area contributed by atoms with Crippen LogP contribution in [-0.2, 0) is 0 Å². The van der Waals surface area contributed by atoms with Crippen molar-refractivity contribution in [1.29, 1.82) is 0 Å². The Bertz CT molecular complexity index is 722. The summed E-state index contributed by atoms with van der Waals surface area (Å²) in [6, 6.07) is 17.7. The minimum Gasteiger partial charge on any atom is -0.457 e. The van der Waals surface area contributed by atoms with Gasteiger partial charge in [-0.2, -0.15) is 0 Å². The molecule has 2 aromatic carbocycles. The molecule has 1 heterocycles. The van der Waals surface area contributed by atoms with Crippen molar-refractivity contribution in [3.8, 4) is 22.1 Å². The Morgan fingerprint density at radius 2 is 1.81 bits per heavy atom. The van der Waals surface area contributed by atoms with Crippen LogP contribution < -0.4 is 10.5 Å². The molecule has 3 nitrogen and oxygen atoms in total. The second-order valence-corrected chi connectivity index (χ2v) is 5.86. The SMILES string of the molecule is CC(N)c1cnc(-c2cccc(Oc3ccccc3)c2)s1. The van der Waals surface area contributed by atoms with Crippen molar-refractivity contribution >= 4 is 11.3 Å². The zero-order valence-corrected chi connectivity index (χ0v) is 12.5. The number of nitrogens with two attached hydrogens (primary N) is 1. The molecule has 2 N–H and O–H groups in total. The number of thiazole rings is 1. The summed E-state index contributed by atoms with van der Waals surface area (Å²) in [5.41, 5.74) is 6.92. The zero-order chi connectivity index (χ0) is 14.7. The Morgan fingerprint density at radius 1 is 1.05 bits per heavy atom. The predicted octanol–water partition coefficient (Wildman–Crippen LogP) is 4.62. The van der Waals surface area contributed by atoms with Crippen LogP contribution in [0.1, 0.15) is 17.8 Å². The molecule has 0 amide bonds. The van der Waals surface area contributed by atoms with Crippen LogP contribution in [0.15, 0.2) is 60.8 Å². The van der Waals surface area contributed by atoms with Gasteiger partial charge in [0.2, 0.25) is 0 Å². The summed E-state index contributed by atoms with van der Waals surface area (Å²) in [5, 5.41) is 0.959. The minimum atomic E-state index is 0.0139. The van der Waals surface area contributed by atoms with Gasteiger partial charge < -0.3 is 10.5 Å². The molecule has 0 aliphatic heterocycles. The number of benzene rings is 2. The van der Waals surface area contributed by atoms with E-state index in [9.17, 15) is 0 Å². The third kappa shape index (κ3) is 3.29. The quantitative estimate of drug-likeness (QED) is 0.764. The van der Waals surface area contributed by atoms with E-state index in [1.165, 1.54) is 0 Å². The summed E-state index contributed by atoms with van der Waals surface area (Å²) < 4.78 is 5.85. The first-order valence-electron chi connectivity index (χ1n) is 6.77. The fourth-order valence-corrected chi connectivity index (χ4v) is 2.81. The van der Waals surface area contributed by atoms with Gasteiger partial charge in [0, 0.05) is 22.7 Å². The van der Waals surface area contributed by atoms with Crippen molar-refractivity contribution in [2.75, 3.05) is 0 Å². The maximum absolute atomic E-state index is 5.88. The highest BCUT2D eigenvalue weighted by molar-refractivity contribution is 7.15. The Balaban J connectivity index is 1.85. The summed E-state index contributed by atoms with van der Waals surface area (Å²) in [5.74, 6) is 1.63. The molecule has 0 saturated heterocycles. The third-order valence-electron chi connectivity index (χ3n) is 3.03. The molecule has 0 aliphatic carbocycles. The van der Waals surface area contributed by atoms with E-state index < -0.39 is 0 Å². The summed E-state index contributed by atoms with van der Waals surface area (Å²) in [6.45, 7) is 1.96. The van der Waals surface area contributed by atoms with Crippen LogP contribution in [-0.4, -0.2) is 4.98 Å². The fourth-order valence-electron chi connectivity index (χ4n) is 1.95. The van der Waals surface area contributed by atoms with Gasteiger partial charge in [0.25, 0.3) is 0 Å². The molecule has 0 fully saturated rings. The second-order valence-electron chi connectivity index (χ2n) is 4.80. The maximum atomic E-state index is 5.88. The van der Waals surface area contributed by atoms with Crippen LogP contribution in [0.2, 0.25) is 0 Å². The Morgan fingerprint density at radius 3 is 2.52 bits per heavy atom. The van der Waals surface area contributed by atoms with Gasteiger partial charge in [0.05, 0.1) is 0 Å². The molecule has 106 valence electrons. The summed E-state index contributed by atoms with van der Waals surface area (Å²) in [4.78, 5) is 5.52. The number of para-hydroxylation sites is 1. The van der Waals surface area contributed by atoms with Gasteiger partial charge in [0.15, 0.2) is 0 Å². The van der Waals surface area contributed by atoms with E-state index in [4.69, 9.17) is 10.5 Å². The normalized spacial score (nSPS) is 12.1. The maximum Gasteiger partial charge on any atom is 0.128 e. The number of hydrogen-bond acceptors (Lipinski definition) is 4. The van der Waals surface area contributed by atoms with E-state index >= 15 is 0 Å². The van der Waals surface area contributed by atoms with Crippen LogP contribution in [0.4, 0.5) is 0 Å². The summed E-state index contributed by atoms with van der Waals surface area (Å²) in [6.07, 6.45) is 1.84. The molecule has 0 saturated carbocycles. The minimum absolute atomic E-state index is 0.0139. The molecular formula is C17H16N2OS. The standard InChI is InChI=1S/C17H16N2OS/c1-12(18)16-11-19-17(21-16)13-6-5-9-15(10-13)20-14-7-3-2-4-8-14/h2-12H,18H2,1H3. The van der Waals surface area contributed by atoms with E-state index in [-0.39, 0.29) is 6.04 Å².